The average molecular weight is 377 g/mol. The summed E-state index contributed by atoms with van der Waals surface area (Å²) in [6, 6.07) is 3.59. The Morgan fingerprint density at radius 3 is 2.63 bits per heavy atom. The van der Waals surface area contributed by atoms with Gasteiger partial charge in [-0.2, -0.15) is 0 Å². The second kappa shape index (κ2) is 9.40. The van der Waals surface area contributed by atoms with Crippen LogP contribution < -0.4 is 10.6 Å². The van der Waals surface area contributed by atoms with E-state index in [0.29, 0.717) is 51.1 Å². The van der Waals surface area contributed by atoms with Crippen LogP contribution in [0.1, 0.15) is 18.6 Å². The van der Waals surface area contributed by atoms with Gasteiger partial charge in [0, 0.05) is 39.8 Å². The maximum atomic E-state index is 12.4. The number of guanidine groups is 1. The maximum absolute atomic E-state index is 12.4. The molecule has 2 aliphatic heterocycles. The Labute approximate surface area is 158 Å². The van der Waals surface area contributed by atoms with Gasteiger partial charge < -0.3 is 29.6 Å². The van der Waals surface area contributed by atoms with Gasteiger partial charge in [-0.15, -0.1) is 0 Å². The first-order chi connectivity index (χ1) is 13.2. The minimum Gasteiger partial charge on any atom is -0.467 e. The largest absolute Gasteiger partial charge is 0.467 e. The normalized spacial score (nSPS) is 20.6. The molecular formula is C18H27N5O4. The average Bonchev–Trinajstić information content (AvgIpc) is 3.41. The van der Waals surface area contributed by atoms with Crippen LogP contribution in [0.25, 0.3) is 0 Å². The Balaban J connectivity index is 1.39. The van der Waals surface area contributed by atoms with E-state index in [1.54, 1.807) is 19.4 Å². The first-order valence-electron chi connectivity index (χ1n) is 9.32. The summed E-state index contributed by atoms with van der Waals surface area (Å²) in [6.07, 6.45) is 3.07. The smallest absolute Gasteiger partial charge is 0.251 e. The summed E-state index contributed by atoms with van der Waals surface area (Å²) in [5.74, 6) is 1.32. The summed E-state index contributed by atoms with van der Waals surface area (Å²) in [5, 5.41) is 5.86. The van der Waals surface area contributed by atoms with Crippen LogP contribution in [0.3, 0.4) is 0 Å². The van der Waals surface area contributed by atoms with Gasteiger partial charge in [-0.25, -0.2) is 0 Å². The van der Waals surface area contributed by atoms with Crippen molar-refractivity contribution in [3.63, 3.8) is 0 Å². The van der Waals surface area contributed by atoms with Gasteiger partial charge in [-0.3, -0.25) is 14.6 Å². The number of rotatable bonds is 5. The number of amides is 2. The number of aliphatic imine (C=N–C) groups is 1. The molecule has 148 valence electrons. The molecule has 1 aromatic rings. The Bertz CT molecular complexity index is 647. The first kappa shape index (κ1) is 19.2. The third kappa shape index (κ3) is 5.22. The van der Waals surface area contributed by atoms with Gasteiger partial charge in [0.25, 0.3) is 5.91 Å². The van der Waals surface area contributed by atoms with Crippen LogP contribution in [0.5, 0.6) is 0 Å². The topological polar surface area (TPSA) is 99.4 Å². The van der Waals surface area contributed by atoms with Crippen LogP contribution in [0.4, 0.5) is 0 Å². The fourth-order valence-corrected chi connectivity index (χ4v) is 3.27. The molecule has 3 rings (SSSR count). The zero-order valence-electron chi connectivity index (χ0n) is 15.6. The highest BCUT2D eigenvalue weighted by molar-refractivity contribution is 5.87. The number of hydrogen-bond donors (Lipinski definition) is 2. The minimum atomic E-state index is -0.271. The Morgan fingerprint density at radius 1 is 1.22 bits per heavy atom. The van der Waals surface area contributed by atoms with Crippen molar-refractivity contribution in [2.24, 2.45) is 4.99 Å². The molecule has 0 aliphatic carbocycles. The van der Waals surface area contributed by atoms with Gasteiger partial charge in [-0.05, 0) is 25.0 Å². The lowest BCUT2D eigenvalue weighted by molar-refractivity contribution is -0.142. The molecule has 2 N–H and O–H groups in total. The number of furan rings is 1. The van der Waals surface area contributed by atoms with Crippen LogP contribution in [0.2, 0.25) is 0 Å². The standard InChI is InChI=1S/C18H27N5O4/c1-19-18(21-13-16(24)20-12-14-4-2-10-26-14)23-8-6-22(7-9-23)17(25)15-5-3-11-27-15/h2,4,10,15H,3,5-9,11-13H2,1H3,(H,19,21)(H,20,24). The summed E-state index contributed by atoms with van der Waals surface area (Å²) in [5.41, 5.74) is 0. The predicted molar refractivity (Wildman–Crippen MR) is 99.0 cm³/mol. The van der Waals surface area contributed by atoms with Crippen molar-refractivity contribution in [1.82, 2.24) is 20.4 Å². The lowest BCUT2D eigenvalue weighted by Gasteiger charge is -2.37. The molecule has 1 aromatic heterocycles. The van der Waals surface area contributed by atoms with Crippen molar-refractivity contribution in [2.75, 3.05) is 46.4 Å². The summed E-state index contributed by atoms with van der Waals surface area (Å²) in [7, 11) is 1.69. The molecule has 2 amide bonds. The quantitative estimate of drug-likeness (QED) is 0.544. The van der Waals surface area contributed by atoms with E-state index in [4.69, 9.17) is 9.15 Å². The van der Waals surface area contributed by atoms with Crippen LogP contribution in [0, 0.1) is 0 Å². The molecule has 0 radical (unpaired) electrons. The van der Waals surface area contributed by atoms with Crippen molar-refractivity contribution in [3.8, 4) is 0 Å². The summed E-state index contributed by atoms with van der Waals surface area (Å²) < 4.78 is 10.7. The van der Waals surface area contributed by atoms with E-state index in [1.165, 1.54) is 0 Å². The van der Waals surface area contributed by atoms with Crippen LogP contribution in [-0.2, 0) is 20.9 Å². The van der Waals surface area contributed by atoms with Crippen molar-refractivity contribution >= 4 is 17.8 Å². The Hall–Kier alpha value is -2.55. The molecule has 1 atom stereocenters. The fourth-order valence-electron chi connectivity index (χ4n) is 3.27. The van der Waals surface area contributed by atoms with Crippen molar-refractivity contribution < 1.29 is 18.7 Å². The number of nitrogens with one attached hydrogen (secondary N) is 2. The van der Waals surface area contributed by atoms with E-state index >= 15 is 0 Å². The number of nitrogens with zero attached hydrogens (tertiary/aromatic N) is 3. The van der Waals surface area contributed by atoms with Crippen LogP contribution in [-0.4, -0.2) is 80.1 Å². The molecule has 9 nitrogen and oxygen atoms in total. The van der Waals surface area contributed by atoms with E-state index in [0.717, 1.165) is 12.8 Å². The molecule has 3 heterocycles. The first-order valence-corrected chi connectivity index (χ1v) is 9.32. The number of carbonyl (C=O) groups excluding carboxylic acids is 2. The molecule has 2 saturated heterocycles. The van der Waals surface area contributed by atoms with Crippen LogP contribution >= 0.6 is 0 Å². The molecule has 0 spiro atoms. The zero-order valence-corrected chi connectivity index (χ0v) is 15.6. The van der Waals surface area contributed by atoms with E-state index in [-0.39, 0.29) is 24.5 Å². The second-order valence-electron chi connectivity index (χ2n) is 6.57. The highest BCUT2D eigenvalue weighted by atomic mass is 16.5. The SMILES string of the molecule is CN=C(NCC(=O)NCc1ccco1)N1CCN(C(=O)C2CCCO2)CC1. The number of carbonyl (C=O) groups is 2. The third-order valence-electron chi connectivity index (χ3n) is 4.75. The monoisotopic (exact) mass is 377 g/mol. The van der Waals surface area contributed by atoms with Gasteiger partial charge in [0.15, 0.2) is 5.96 Å². The third-order valence-corrected chi connectivity index (χ3v) is 4.75. The van der Waals surface area contributed by atoms with Gasteiger partial charge in [0.2, 0.25) is 5.91 Å². The van der Waals surface area contributed by atoms with E-state index in [9.17, 15) is 9.59 Å². The molecule has 1 unspecified atom stereocenters. The molecule has 0 saturated carbocycles. The second-order valence-corrected chi connectivity index (χ2v) is 6.57. The van der Waals surface area contributed by atoms with Crippen molar-refractivity contribution in [1.29, 1.82) is 0 Å². The highest BCUT2D eigenvalue weighted by Gasteiger charge is 2.30. The number of piperazine rings is 1. The van der Waals surface area contributed by atoms with E-state index in [2.05, 4.69) is 20.5 Å². The molecule has 0 bridgehead atoms. The van der Waals surface area contributed by atoms with Gasteiger partial charge in [0.05, 0.1) is 19.4 Å². The van der Waals surface area contributed by atoms with Gasteiger partial charge >= 0.3 is 0 Å². The molecule has 27 heavy (non-hydrogen) atoms. The van der Waals surface area contributed by atoms with E-state index < -0.39 is 0 Å². The lowest BCUT2D eigenvalue weighted by atomic mass is 10.2. The van der Waals surface area contributed by atoms with Crippen molar-refractivity contribution in [2.45, 2.75) is 25.5 Å². The minimum absolute atomic E-state index is 0.0902. The number of ether oxygens (including phenoxy) is 1. The molecular weight excluding hydrogens is 350 g/mol. The van der Waals surface area contributed by atoms with Crippen LogP contribution in [0.15, 0.2) is 27.8 Å². The lowest BCUT2D eigenvalue weighted by Crippen LogP contribution is -2.56. The summed E-state index contributed by atoms with van der Waals surface area (Å²) in [6.45, 7) is 3.76. The molecule has 2 fully saturated rings. The zero-order chi connectivity index (χ0) is 19.1. The van der Waals surface area contributed by atoms with Crippen molar-refractivity contribution in [3.05, 3.63) is 24.2 Å². The maximum Gasteiger partial charge on any atom is 0.251 e. The Morgan fingerprint density at radius 2 is 2.00 bits per heavy atom. The number of hydrogen-bond acceptors (Lipinski definition) is 5. The van der Waals surface area contributed by atoms with Gasteiger partial charge in [-0.1, -0.05) is 0 Å². The van der Waals surface area contributed by atoms with E-state index in [1.807, 2.05) is 11.0 Å². The molecule has 9 heteroatoms. The summed E-state index contributed by atoms with van der Waals surface area (Å²) >= 11 is 0. The Kier molecular flexibility index (Phi) is 6.69. The predicted octanol–water partition coefficient (Wildman–Crippen LogP) is -0.206. The van der Waals surface area contributed by atoms with Gasteiger partial charge in [0.1, 0.15) is 11.9 Å². The fraction of sp³-hybridized carbons (Fsp3) is 0.611. The molecule has 2 aliphatic rings. The summed E-state index contributed by atoms with van der Waals surface area (Å²) in [4.78, 5) is 32.5. The highest BCUT2D eigenvalue weighted by Crippen LogP contribution is 2.16. The molecule has 0 aromatic carbocycles.